The number of anilines is 3. The maximum atomic E-state index is 14.1. The summed E-state index contributed by atoms with van der Waals surface area (Å²) >= 11 is 1.00. The summed E-state index contributed by atoms with van der Waals surface area (Å²) in [5.74, 6) is -0.339. The minimum atomic E-state index is -0.537. The van der Waals surface area contributed by atoms with E-state index in [0.29, 0.717) is 12.2 Å². The van der Waals surface area contributed by atoms with Crippen LogP contribution >= 0.6 is 11.3 Å². The molecule has 2 amide bonds. The molecule has 12 heteroatoms. The van der Waals surface area contributed by atoms with E-state index in [2.05, 4.69) is 37.5 Å². The zero-order chi connectivity index (χ0) is 24.5. The van der Waals surface area contributed by atoms with E-state index < -0.39 is 11.7 Å². The molecule has 0 aliphatic carbocycles. The molecule has 0 bridgehead atoms. The third kappa shape index (κ3) is 4.86. The summed E-state index contributed by atoms with van der Waals surface area (Å²) < 4.78 is 15.8. The third-order valence-corrected chi connectivity index (χ3v) is 6.74. The zero-order valence-electron chi connectivity index (χ0n) is 19.3. The second-order valence-corrected chi connectivity index (χ2v) is 9.64. The number of nitrogens with zero attached hydrogens (tertiary/aromatic N) is 5. The van der Waals surface area contributed by atoms with E-state index in [1.54, 1.807) is 10.9 Å². The van der Waals surface area contributed by atoms with Crippen molar-refractivity contribution in [3.05, 3.63) is 36.0 Å². The molecule has 10 nitrogen and oxygen atoms in total. The first-order valence-electron chi connectivity index (χ1n) is 10.9. The van der Waals surface area contributed by atoms with Crippen LogP contribution in [0.1, 0.15) is 43.6 Å². The highest BCUT2D eigenvalue weighted by molar-refractivity contribution is 7.19. The fraction of sp³-hybridized carbons (Fsp3) is 0.409. The van der Waals surface area contributed by atoms with Crippen LogP contribution in [0.25, 0.3) is 10.7 Å². The molecule has 1 aliphatic heterocycles. The summed E-state index contributed by atoms with van der Waals surface area (Å²) in [6.45, 7) is 5.01. The Labute approximate surface area is 200 Å². The van der Waals surface area contributed by atoms with Crippen LogP contribution in [0.15, 0.2) is 24.5 Å². The van der Waals surface area contributed by atoms with Gasteiger partial charge in [0.1, 0.15) is 21.4 Å². The number of nitrogens with two attached hydrogens (primary N) is 1. The summed E-state index contributed by atoms with van der Waals surface area (Å²) in [7, 11) is 1.81. The van der Waals surface area contributed by atoms with Gasteiger partial charge in [0.25, 0.3) is 5.91 Å². The van der Waals surface area contributed by atoms with Crippen LogP contribution in [-0.4, -0.2) is 50.2 Å². The van der Waals surface area contributed by atoms with Crippen LogP contribution < -0.4 is 21.3 Å². The number of carbonyl (C=O) groups is 2. The normalized spacial score (nSPS) is 18.4. The van der Waals surface area contributed by atoms with Crippen LogP contribution in [0, 0.1) is 5.82 Å². The molecule has 180 valence electrons. The number of carbonyl (C=O) groups excluding carboxylic acids is 2. The lowest BCUT2D eigenvalue weighted by atomic mass is 9.93. The average molecular weight is 487 g/mol. The smallest absolute Gasteiger partial charge is 0.277 e. The monoisotopic (exact) mass is 486 g/mol. The van der Waals surface area contributed by atoms with Gasteiger partial charge >= 0.3 is 0 Å². The highest BCUT2D eigenvalue weighted by Crippen LogP contribution is 2.33. The van der Waals surface area contributed by atoms with Gasteiger partial charge in [0.2, 0.25) is 5.91 Å². The predicted molar refractivity (Wildman–Crippen MR) is 129 cm³/mol. The van der Waals surface area contributed by atoms with Crippen LogP contribution in [-0.2, 0) is 11.8 Å². The summed E-state index contributed by atoms with van der Waals surface area (Å²) in [6, 6.07) is 2.76. The van der Waals surface area contributed by atoms with Gasteiger partial charge in [-0.3, -0.25) is 19.3 Å². The van der Waals surface area contributed by atoms with E-state index in [-0.39, 0.29) is 32.8 Å². The minimum absolute atomic E-state index is 0.00829. The molecule has 3 aromatic rings. The maximum absolute atomic E-state index is 14.1. The second-order valence-electron chi connectivity index (χ2n) is 8.61. The molecule has 4 N–H and O–H groups in total. The Morgan fingerprint density at radius 2 is 2.09 bits per heavy atom. The van der Waals surface area contributed by atoms with Crippen molar-refractivity contribution in [3.63, 3.8) is 0 Å². The van der Waals surface area contributed by atoms with Crippen molar-refractivity contribution in [1.29, 1.82) is 0 Å². The first-order chi connectivity index (χ1) is 16.2. The lowest BCUT2D eigenvalue weighted by molar-refractivity contribution is -0.120. The van der Waals surface area contributed by atoms with Gasteiger partial charge in [-0.05, 0) is 38.3 Å². The van der Waals surface area contributed by atoms with E-state index in [4.69, 9.17) is 5.73 Å². The highest BCUT2D eigenvalue weighted by atomic mass is 32.1. The fourth-order valence-electron chi connectivity index (χ4n) is 4.26. The largest absolute Gasteiger partial charge is 0.389 e. The Kier molecular flexibility index (Phi) is 6.51. The summed E-state index contributed by atoms with van der Waals surface area (Å²) in [4.78, 5) is 35.0. The molecule has 1 fully saturated rings. The van der Waals surface area contributed by atoms with Crippen LogP contribution in [0.2, 0.25) is 0 Å². The fourth-order valence-corrected chi connectivity index (χ4v) is 5.08. The Morgan fingerprint density at radius 1 is 1.29 bits per heavy atom. The standard InChI is InChI=1S/C22H27FN8O2S/c1-13(32)29-22(2)7-5-10-31(11-8-22)21-15(12-26-30(21)3)27-19(33)17-18(24)34-20(28-17)16-14(23)6-4-9-25-16/h4,6,9,12H,5,7-8,10-11,24H2,1-3H3,(H,27,33)(H,29,32). The zero-order valence-corrected chi connectivity index (χ0v) is 20.1. The molecule has 0 aromatic carbocycles. The third-order valence-electron chi connectivity index (χ3n) is 5.85. The van der Waals surface area contributed by atoms with Crippen molar-refractivity contribution in [2.24, 2.45) is 7.05 Å². The van der Waals surface area contributed by atoms with Gasteiger partial charge in [0, 0.05) is 38.8 Å². The lowest BCUT2D eigenvalue weighted by Gasteiger charge is -2.29. The molecule has 1 aliphatic rings. The molecule has 4 heterocycles. The van der Waals surface area contributed by atoms with Crippen molar-refractivity contribution in [2.75, 3.05) is 29.0 Å². The summed E-state index contributed by atoms with van der Waals surface area (Å²) in [5.41, 5.74) is 6.33. The van der Waals surface area contributed by atoms with Gasteiger partial charge in [-0.25, -0.2) is 9.37 Å². The molecule has 0 saturated carbocycles. The molecular formula is C22H27FN8O2S. The number of aromatic nitrogens is 4. The molecule has 34 heavy (non-hydrogen) atoms. The predicted octanol–water partition coefficient (Wildman–Crippen LogP) is 2.80. The molecule has 4 rings (SSSR count). The topological polar surface area (TPSA) is 131 Å². The Balaban J connectivity index is 1.54. The van der Waals surface area contributed by atoms with Crippen LogP contribution in [0.4, 0.5) is 20.9 Å². The number of rotatable bonds is 5. The Hall–Kier alpha value is -3.54. The number of nitrogens with one attached hydrogen (secondary N) is 2. The van der Waals surface area contributed by atoms with E-state index in [9.17, 15) is 14.0 Å². The molecule has 1 unspecified atom stereocenters. The van der Waals surface area contributed by atoms with Gasteiger partial charge in [0.15, 0.2) is 17.3 Å². The second kappa shape index (κ2) is 9.37. The number of halogens is 1. The van der Waals surface area contributed by atoms with Crippen molar-refractivity contribution < 1.29 is 14.0 Å². The van der Waals surface area contributed by atoms with Gasteiger partial charge in [-0.15, -0.1) is 0 Å². The Bertz CT molecular complexity index is 1230. The maximum Gasteiger partial charge on any atom is 0.277 e. The number of hydrogen-bond donors (Lipinski definition) is 3. The number of thiazole rings is 1. The van der Waals surface area contributed by atoms with E-state index in [1.807, 2.05) is 7.05 Å². The first kappa shape index (κ1) is 23.6. The molecule has 1 atom stereocenters. The van der Waals surface area contributed by atoms with Crippen molar-refractivity contribution in [2.45, 2.75) is 38.6 Å². The van der Waals surface area contributed by atoms with Gasteiger partial charge in [-0.1, -0.05) is 11.3 Å². The molecule has 3 aromatic heterocycles. The molecular weight excluding hydrogens is 459 g/mol. The summed E-state index contributed by atoms with van der Waals surface area (Å²) in [5, 5.41) is 10.6. The van der Waals surface area contributed by atoms with Gasteiger partial charge in [0.05, 0.1) is 6.20 Å². The number of hydrogen-bond acceptors (Lipinski definition) is 8. The minimum Gasteiger partial charge on any atom is -0.389 e. The number of nitrogen functional groups attached to an aromatic ring is 1. The van der Waals surface area contributed by atoms with E-state index >= 15 is 0 Å². The first-order valence-corrected chi connectivity index (χ1v) is 11.7. The number of amides is 2. The quantitative estimate of drug-likeness (QED) is 0.505. The average Bonchev–Trinajstić information content (AvgIpc) is 3.26. The lowest BCUT2D eigenvalue weighted by Crippen LogP contribution is -2.45. The molecule has 1 saturated heterocycles. The molecule has 0 radical (unpaired) electrons. The van der Waals surface area contributed by atoms with Gasteiger partial charge in [-0.2, -0.15) is 5.10 Å². The number of aryl methyl sites for hydroxylation is 1. The highest BCUT2D eigenvalue weighted by Gasteiger charge is 2.31. The van der Waals surface area contributed by atoms with Crippen LogP contribution in [0.3, 0.4) is 0 Å². The molecule has 0 spiro atoms. The number of pyridine rings is 1. The van der Waals surface area contributed by atoms with Crippen molar-refractivity contribution >= 4 is 39.7 Å². The van der Waals surface area contributed by atoms with Gasteiger partial charge < -0.3 is 21.3 Å². The SMILES string of the molecule is CC(=O)NC1(C)CCCN(c2c(NC(=O)c3nc(-c4ncccc4F)sc3N)cnn2C)CC1. The summed E-state index contributed by atoms with van der Waals surface area (Å²) in [6.07, 6.45) is 5.50. The van der Waals surface area contributed by atoms with E-state index in [0.717, 1.165) is 43.0 Å². The van der Waals surface area contributed by atoms with Crippen molar-refractivity contribution in [3.8, 4) is 10.7 Å². The van der Waals surface area contributed by atoms with Crippen molar-refractivity contribution in [1.82, 2.24) is 25.1 Å². The van der Waals surface area contributed by atoms with E-state index in [1.165, 1.54) is 25.3 Å². The Morgan fingerprint density at radius 3 is 2.82 bits per heavy atom. The van der Waals surface area contributed by atoms with Crippen LogP contribution in [0.5, 0.6) is 0 Å².